The molecule has 1 amide bonds. The number of rotatable bonds is 5. The van der Waals surface area contributed by atoms with Crippen LogP contribution in [0.25, 0.3) is 0 Å². The molecule has 0 aromatic heterocycles. The molecule has 0 bridgehead atoms. The molecule has 21 heavy (non-hydrogen) atoms. The summed E-state index contributed by atoms with van der Waals surface area (Å²) in [6.07, 6.45) is 5.52. The number of hydrogen-bond acceptors (Lipinski definition) is 3. The van der Waals surface area contributed by atoms with E-state index in [1.807, 2.05) is 6.92 Å². The Hall–Kier alpha value is -1.10. The maximum atomic E-state index is 12.7. The average molecular weight is 296 g/mol. The van der Waals surface area contributed by atoms with Crippen molar-refractivity contribution < 1.29 is 14.7 Å². The molecule has 0 spiro atoms. The number of nitrogens with one attached hydrogen (secondary N) is 2. The van der Waals surface area contributed by atoms with Crippen molar-refractivity contribution in [3.63, 3.8) is 0 Å². The van der Waals surface area contributed by atoms with Gasteiger partial charge in [-0.15, -0.1) is 0 Å². The van der Waals surface area contributed by atoms with Crippen LogP contribution in [0.15, 0.2) is 0 Å². The lowest BCUT2D eigenvalue weighted by atomic mass is 9.74. The fourth-order valence-electron chi connectivity index (χ4n) is 3.72. The standard InChI is InChI=1S/C16H28N2O3/c1-3-12-5-7-16(8-6-12,14(20)21)18-13(19)15(4-2)9-10-17-11-15/h12,17H,3-11H2,1-2H3,(H,18,19)(H,20,21). The van der Waals surface area contributed by atoms with Crippen LogP contribution >= 0.6 is 0 Å². The van der Waals surface area contributed by atoms with Crippen LogP contribution in [0.3, 0.4) is 0 Å². The minimum Gasteiger partial charge on any atom is -0.480 e. The minimum absolute atomic E-state index is 0.0765. The van der Waals surface area contributed by atoms with E-state index in [2.05, 4.69) is 17.6 Å². The first-order valence-electron chi connectivity index (χ1n) is 8.25. The van der Waals surface area contributed by atoms with E-state index < -0.39 is 16.9 Å². The Balaban J connectivity index is 2.10. The smallest absolute Gasteiger partial charge is 0.329 e. The van der Waals surface area contributed by atoms with E-state index in [1.54, 1.807) is 0 Å². The van der Waals surface area contributed by atoms with Gasteiger partial charge < -0.3 is 15.7 Å². The number of carbonyl (C=O) groups is 2. The Labute approximate surface area is 126 Å². The summed E-state index contributed by atoms with van der Waals surface area (Å²) < 4.78 is 0. The molecule has 5 heteroatoms. The van der Waals surface area contributed by atoms with Crippen LogP contribution in [-0.2, 0) is 9.59 Å². The molecule has 120 valence electrons. The Bertz CT molecular complexity index is 394. The van der Waals surface area contributed by atoms with E-state index in [4.69, 9.17) is 0 Å². The molecule has 3 N–H and O–H groups in total. The summed E-state index contributed by atoms with van der Waals surface area (Å²) in [5, 5.41) is 15.8. The van der Waals surface area contributed by atoms with E-state index in [-0.39, 0.29) is 5.91 Å². The number of carboxylic acid groups (broad SMARTS) is 1. The fourth-order valence-corrected chi connectivity index (χ4v) is 3.72. The molecule has 1 aliphatic heterocycles. The molecule has 1 heterocycles. The number of aliphatic carboxylic acids is 1. The van der Waals surface area contributed by atoms with Gasteiger partial charge in [-0.25, -0.2) is 4.79 Å². The highest BCUT2D eigenvalue weighted by Crippen LogP contribution is 2.36. The van der Waals surface area contributed by atoms with Crippen molar-refractivity contribution in [1.82, 2.24) is 10.6 Å². The summed E-state index contributed by atoms with van der Waals surface area (Å²) in [6, 6.07) is 0. The molecule has 0 aromatic rings. The van der Waals surface area contributed by atoms with Crippen LogP contribution in [0.2, 0.25) is 0 Å². The van der Waals surface area contributed by atoms with E-state index in [1.165, 1.54) is 0 Å². The third kappa shape index (κ3) is 3.07. The predicted molar refractivity (Wildman–Crippen MR) is 81.0 cm³/mol. The van der Waals surface area contributed by atoms with Crippen LogP contribution in [0.1, 0.15) is 58.8 Å². The molecule has 2 aliphatic rings. The van der Waals surface area contributed by atoms with Gasteiger partial charge in [0.1, 0.15) is 5.54 Å². The van der Waals surface area contributed by atoms with Gasteiger partial charge in [-0.1, -0.05) is 20.3 Å². The van der Waals surface area contributed by atoms with Crippen LogP contribution < -0.4 is 10.6 Å². The third-order valence-corrected chi connectivity index (χ3v) is 5.70. The summed E-state index contributed by atoms with van der Waals surface area (Å²) >= 11 is 0. The van der Waals surface area contributed by atoms with Crippen molar-refractivity contribution >= 4 is 11.9 Å². The zero-order chi connectivity index (χ0) is 15.5. The van der Waals surface area contributed by atoms with Gasteiger partial charge in [-0.05, 0) is 51.0 Å². The molecule has 0 aromatic carbocycles. The van der Waals surface area contributed by atoms with Gasteiger partial charge in [-0.2, -0.15) is 0 Å². The van der Waals surface area contributed by atoms with Gasteiger partial charge in [0.15, 0.2) is 0 Å². The Morgan fingerprint density at radius 3 is 2.33 bits per heavy atom. The third-order valence-electron chi connectivity index (χ3n) is 5.70. The van der Waals surface area contributed by atoms with Gasteiger partial charge in [0.25, 0.3) is 0 Å². The molecule has 1 aliphatic carbocycles. The van der Waals surface area contributed by atoms with Gasteiger partial charge in [0.2, 0.25) is 5.91 Å². The van der Waals surface area contributed by atoms with Crippen molar-refractivity contribution in [3.05, 3.63) is 0 Å². The predicted octanol–water partition coefficient (Wildman–Crippen LogP) is 1.92. The van der Waals surface area contributed by atoms with Crippen molar-refractivity contribution in [3.8, 4) is 0 Å². The highest BCUT2D eigenvalue weighted by Gasteiger charge is 2.47. The van der Waals surface area contributed by atoms with Crippen LogP contribution in [-0.4, -0.2) is 35.6 Å². The second kappa shape index (κ2) is 6.34. The first-order chi connectivity index (χ1) is 9.98. The fraction of sp³-hybridized carbons (Fsp3) is 0.875. The first-order valence-corrected chi connectivity index (χ1v) is 8.25. The lowest BCUT2D eigenvalue weighted by Crippen LogP contribution is -2.59. The van der Waals surface area contributed by atoms with Crippen molar-refractivity contribution in [2.24, 2.45) is 11.3 Å². The number of carboxylic acids is 1. The normalized spacial score (nSPS) is 36.4. The molecular weight excluding hydrogens is 268 g/mol. The summed E-state index contributed by atoms with van der Waals surface area (Å²) in [5.41, 5.74) is -1.47. The largest absolute Gasteiger partial charge is 0.480 e. The Morgan fingerprint density at radius 2 is 1.90 bits per heavy atom. The minimum atomic E-state index is -1.05. The van der Waals surface area contributed by atoms with Gasteiger partial charge in [-0.3, -0.25) is 4.79 Å². The quantitative estimate of drug-likeness (QED) is 0.724. The topological polar surface area (TPSA) is 78.4 Å². The highest BCUT2D eigenvalue weighted by molar-refractivity contribution is 5.90. The van der Waals surface area contributed by atoms with Crippen molar-refractivity contribution in [1.29, 1.82) is 0 Å². The molecular formula is C16H28N2O3. The van der Waals surface area contributed by atoms with Crippen molar-refractivity contribution in [2.75, 3.05) is 13.1 Å². The van der Waals surface area contributed by atoms with Crippen LogP contribution in [0, 0.1) is 11.3 Å². The van der Waals surface area contributed by atoms with E-state index in [0.717, 1.165) is 38.6 Å². The Kier molecular flexibility index (Phi) is 4.91. The number of carbonyl (C=O) groups excluding carboxylic acids is 1. The van der Waals surface area contributed by atoms with Gasteiger partial charge >= 0.3 is 5.97 Å². The van der Waals surface area contributed by atoms with Crippen LogP contribution in [0.5, 0.6) is 0 Å². The van der Waals surface area contributed by atoms with E-state index >= 15 is 0 Å². The summed E-state index contributed by atoms with van der Waals surface area (Å²) in [7, 11) is 0. The van der Waals surface area contributed by atoms with Gasteiger partial charge in [0.05, 0.1) is 5.41 Å². The first kappa shape index (κ1) is 16.3. The SMILES string of the molecule is CCC1CCC(NC(=O)C2(CC)CCNC2)(C(=O)O)CC1. The second-order valence-electron chi connectivity index (χ2n) is 6.75. The summed E-state index contributed by atoms with van der Waals surface area (Å²) in [6.45, 7) is 5.64. The molecule has 1 saturated heterocycles. The maximum Gasteiger partial charge on any atom is 0.329 e. The molecule has 2 rings (SSSR count). The molecule has 1 atom stereocenters. The lowest BCUT2D eigenvalue weighted by Gasteiger charge is -2.39. The summed E-state index contributed by atoms with van der Waals surface area (Å²) in [5.74, 6) is -0.349. The van der Waals surface area contributed by atoms with Crippen LogP contribution in [0.4, 0.5) is 0 Å². The maximum absolute atomic E-state index is 12.7. The molecule has 1 saturated carbocycles. The van der Waals surface area contributed by atoms with E-state index in [0.29, 0.717) is 25.3 Å². The molecule has 5 nitrogen and oxygen atoms in total. The van der Waals surface area contributed by atoms with E-state index in [9.17, 15) is 14.7 Å². The molecule has 1 unspecified atom stereocenters. The highest BCUT2D eigenvalue weighted by atomic mass is 16.4. The molecule has 0 radical (unpaired) electrons. The number of amides is 1. The monoisotopic (exact) mass is 296 g/mol. The second-order valence-corrected chi connectivity index (χ2v) is 6.75. The van der Waals surface area contributed by atoms with Crippen molar-refractivity contribution in [2.45, 2.75) is 64.3 Å². The lowest BCUT2D eigenvalue weighted by molar-refractivity contribution is -0.151. The Morgan fingerprint density at radius 1 is 1.24 bits per heavy atom. The van der Waals surface area contributed by atoms with Gasteiger partial charge in [0, 0.05) is 6.54 Å². The zero-order valence-corrected chi connectivity index (χ0v) is 13.2. The number of hydrogen-bond donors (Lipinski definition) is 3. The average Bonchev–Trinajstić information content (AvgIpc) is 2.98. The zero-order valence-electron chi connectivity index (χ0n) is 13.2. The summed E-state index contributed by atoms with van der Waals surface area (Å²) in [4.78, 5) is 24.5. The molecule has 2 fully saturated rings.